The molecule has 0 unspecified atom stereocenters. The molecule has 0 aliphatic heterocycles. The van der Waals surface area contributed by atoms with Crippen molar-refractivity contribution in [1.29, 1.82) is 0 Å². The van der Waals surface area contributed by atoms with Crippen LogP contribution in [0.5, 0.6) is 17.4 Å². The van der Waals surface area contributed by atoms with Gasteiger partial charge in [-0.05, 0) is 30.7 Å². The van der Waals surface area contributed by atoms with Gasteiger partial charge in [0.15, 0.2) is 0 Å². The van der Waals surface area contributed by atoms with Gasteiger partial charge < -0.3 is 15.2 Å². The van der Waals surface area contributed by atoms with Crippen molar-refractivity contribution in [2.75, 3.05) is 12.8 Å². The minimum atomic E-state index is 0.455. The van der Waals surface area contributed by atoms with Crippen LogP contribution in [0.4, 0.5) is 5.82 Å². The summed E-state index contributed by atoms with van der Waals surface area (Å²) in [6.07, 6.45) is 2.12. The predicted molar refractivity (Wildman–Crippen MR) is 68.9 cm³/mol. The maximum Gasteiger partial charge on any atom is 0.227 e. The minimum absolute atomic E-state index is 0.455. The number of methoxy groups -OCH3 is 1. The number of ether oxygens (including phenoxy) is 2. The molecule has 0 fully saturated rings. The Hall–Kier alpha value is -2.30. The summed E-state index contributed by atoms with van der Waals surface area (Å²) in [6, 6.07) is 7.28. The van der Waals surface area contributed by atoms with Gasteiger partial charge in [0, 0.05) is 0 Å². The standard InChI is InChI=1S/C13H15N3O2/c1-3-11-12(14)15-8-16-13(11)18-10-6-4-9(17-2)5-7-10/h4-8H,3H2,1-2H3,(H2,14,15,16). The molecular formula is C13H15N3O2. The molecule has 5 nitrogen and oxygen atoms in total. The van der Waals surface area contributed by atoms with Gasteiger partial charge in [0.1, 0.15) is 23.6 Å². The number of aromatic nitrogens is 2. The van der Waals surface area contributed by atoms with Crippen molar-refractivity contribution in [2.24, 2.45) is 0 Å². The van der Waals surface area contributed by atoms with Gasteiger partial charge in [-0.3, -0.25) is 0 Å². The summed E-state index contributed by atoms with van der Waals surface area (Å²) in [4.78, 5) is 8.05. The molecular weight excluding hydrogens is 230 g/mol. The van der Waals surface area contributed by atoms with Gasteiger partial charge in [-0.15, -0.1) is 0 Å². The Morgan fingerprint density at radius 1 is 1.11 bits per heavy atom. The van der Waals surface area contributed by atoms with E-state index in [1.54, 1.807) is 7.11 Å². The van der Waals surface area contributed by atoms with E-state index in [0.717, 1.165) is 17.7 Å². The first-order chi connectivity index (χ1) is 8.74. The first-order valence-electron chi connectivity index (χ1n) is 5.65. The van der Waals surface area contributed by atoms with E-state index in [4.69, 9.17) is 15.2 Å². The second kappa shape index (κ2) is 5.35. The third kappa shape index (κ3) is 2.51. The summed E-state index contributed by atoms with van der Waals surface area (Å²) < 4.78 is 10.8. The van der Waals surface area contributed by atoms with Gasteiger partial charge in [-0.2, -0.15) is 0 Å². The number of nitrogens with zero attached hydrogens (tertiary/aromatic N) is 2. The lowest BCUT2D eigenvalue weighted by Crippen LogP contribution is -2.01. The third-order valence-corrected chi connectivity index (χ3v) is 2.57. The molecule has 1 aromatic carbocycles. The number of nitrogen functional groups attached to an aromatic ring is 1. The largest absolute Gasteiger partial charge is 0.497 e. The molecule has 2 rings (SSSR count). The van der Waals surface area contributed by atoms with Crippen LogP contribution in [0.3, 0.4) is 0 Å². The second-order valence-electron chi connectivity index (χ2n) is 3.67. The Morgan fingerprint density at radius 3 is 2.39 bits per heavy atom. The highest BCUT2D eigenvalue weighted by Gasteiger charge is 2.09. The van der Waals surface area contributed by atoms with Crippen molar-refractivity contribution < 1.29 is 9.47 Å². The van der Waals surface area contributed by atoms with E-state index in [-0.39, 0.29) is 0 Å². The van der Waals surface area contributed by atoms with Gasteiger partial charge in [-0.1, -0.05) is 6.92 Å². The third-order valence-electron chi connectivity index (χ3n) is 2.57. The summed E-state index contributed by atoms with van der Waals surface area (Å²) in [5.74, 6) is 2.41. The van der Waals surface area contributed by atoms with E-state index in [2.05, 4.69) is 9.97 Å². The summed E-state index contributed by atoms with van der Waals surface area (Å²) in [7, 11) is 1.62. The number of rotatable bonds is 4. The first kappa shape index (κ1) is 12.2. The van der Waals surface area contributed by atoms with Crippen molar-refractivity contribution in [3.8, 4) is 17.4 Å². The summed E-state index contributed by atoms with van der Waals surface area (Å²) in [6.45, 7) is 1.98. The summed E-state index contributed by atoms with van der Waals surface area (Å²) in [5.41, 5.74) is 6.59. The predicted octanol–water partition coefficient (Wildman–Crippen LogP) is 2.42. The maximum atomic E-state index is 5.78. The van der Waals surface area contributed by atoms with Crippen LogP contribution in [0, 0.1) is 0 Å². The summed E-state index contributed by atoms with van der Waals surface area (Å²) in [5, 5.41) is 0. The van der Waals surface area contributed by atoms with Gasteiger partial charge in [0.25, 0.3) is 0 Å². The molecule has 94 valence electrons. The molecule has 1 heterocycles. The van der Waals surface area contributed by atoms with Gasteiger partial charge in [0.2, 0.25) is 5.88 Å². The second-order valence-corrected chi connectivity index (χ2v) is 3.67. The normalized spacial score (nSPS) is 10.1. The molecule has 0 radical (unpaired) electrons. The van der Waals surface area contributed by atoms with Crippen LogP contribution in [0.25, 0.3) is 0 Å². The summed E-state index contributed by atoms with van der Waals surface area (Å²) >= 11 is 0. The number of hydrogen-bond acceptors (Lipinski definition) is 5. The Morgan fingerprint density at radius 2 is 1.78 bits per heavy atom. The molecule has 0 aliphatic rings. The van der Waals surface area contributed by atoms with Crippen molar-refractivity contribution in [3.05, 3.63) is 36.2 Å². The fourth-order valence-corrected chi connectivity index (χ4v) is 1.58. The monoisotopic (exact) mass is 245 g/mol. The smallest absolute Gasteiger partial charge is 0.227 e. The van der Waals surface area contributed by atoms with Crippen LogP contribution in [-0.2, 0) is 6.42 Å². The molecule has 1 aromatic heterocycles. The lowest BCUT2D eigenvalue weighted by atomic mass is 10.2. The Bertz CT molecular complexity index is 526. The Kier molecular flexibility index (Phi) is 3.62. The van der Waals surface area contributed by atoms with Gasteiger partial charge >= 0.3 is 0 Å². The lowest BCUT2D eigenvalue weighted by molar-refractivity contribution is 0.412. The van der Waals surface area contributed by atoms with Crippen LogP contribution in [0.1, 0.15) is 12.5 Å². The molecule has 5 heteroatoms. The molecule has 0 saturated carbocycles. The molecule has 0 bridgehead atoms. The number of hydrogen-bond donors (Lipinski definition) is 1. The van der Waals surface area contributed by atoms with Crippen LogP contribution >= 0.6 is 0 Å². The molecule has 2 N–H and O–H groups in total. The molecule has 2 aromatic rings. The fraction of sp³-hybridized carbons (Fsp3) is 0.231. The van der Waals surface area contributed by atoms with Gasteiger partial charge in [0.05, 0.1) is 12.7 Å². The molecule has 0 atom stereocenters. The minimum Gasteiger partial charge on any atom is -0.497 e. The molecule has 18 heavy (non-hydrogen) atoms. The highest BCUT2D eigenvalue weighted by Crippen LogP contribution is 2.27. The van der Waals surface area contributed by atoms with Crippen molar-refractivity contribution in [3.63, 3.8) is 0 Å². The quantitative estimate of drug-likeness (QED) is 0.895. The van der Waals surface area contributed by atoms with Crippen LogP contribution < -0.4 is 15.2 Å². The fourth-order valence-electron chi connectivity index (χ4n) is 1.58. The van der Waals surface area contributed by atoms with E-state index in [0.29, 0.717) is 17.4 Å². The van der Waals surface area contributed by atoms with E-state index in [1.807, 2.05) is 31.2 Å². The Balaban J connectivity index is 2.25. The van der Waals surface area contributed by atoms with Crippen molar-refractivity contribution >= 4 is 5.82 Å². The van der Waals surface area contributed by atoms with E-state index in [1.165, 1.54) is 6.33 Å². The molecule has 0 aliphatic carbocycles. The highest BCUT2D eigenvalue weighted by atomic mass is 16.5. The van der Waals surface area contributed by atoms with Crippen LogP contribution in [0.15, 0.2) is 30.6 Å². The van der Waals surface area contributed by atoms with E-state index < -0.39 is 0 Å². The average molecular weight is 245 g/mol. The molecule has 0 amide bonds. The number of anilines is 1. The molecule has 0 saturated heterocycles. The zero-order valence-electron chi connectivity index (χ0n) is 10.4. The first-order valence-corrected chi connectivity index (χ1v) is 5.65. The van der Waals surface area contributed by atoms with Crippen LogP contribution in [-0.4, -0.2) is 17.1 Å². The average Bonchev–Trinajstić information content (AvgIpc) is 2.40. The SMILES string of the molecule is CCc1c(N)ncnc1Oc1ccc(OC)cc1. The van der Waals surface area contributed by atoms with Gasteiger partial charge in [-0.25, -0.2) is 9.97 Å². The maximum absolute atomic E-state index is 5.78. The topological polar surface area (TPSA) is 70.3 Å². The van der Waals surface area contributed by atoms with Crippen molar-refractivity contribution in [2.45, 2.75) is 13.3 Å². The zero-order chi connectivity index (χ0) is 13.0. The zero-order valence-corrected chi connectivity index (χ0v) is 10.4. The van der Waals surface area contributed by atoms with E-state index in [9.17, 15) is 0 Å². The lowest BCUT2D eigenvalue weighted by Gasteiger charge is -2.10. The van der Waals surface area contributed by atoms with E-state index >= 15 is 0 Å². The number of benzene rings is 1. The Labute approximate surface area is 106 Å². The van der Waals surface area contributed by atoms with Crippen molar-refractivity contribution in [1.82, 2.24) is 9.97 Å². The van der Waals surface area contributed by atoms with Crippen LogP contribution in [0.2, 0.25) is 0 Å². The highest BCUT2D eigenvalue weighted by molar-refractivity contribution is 5.46. The number of nitrogens with two attached hydrogens (primary N) is 1. The molecule has 0 spiro atoms.